The first kappa shape index (κ1) is 17.3. The van der Waals surface area contributed by atoms with Crippen LogP contribution in [0.2, 0.25) is 0 Å². The summed E-state index contributed by atoms with van der Waals surface area (Å²) in [6, 6.07) is 16.3. The predicted octanol–water partition coefficient (Wildman–Crippen LogP) is 3.50. The van der Waals surface area contributed by atoms with Crippen LogP contribution in [0.15, 0.2) is 60.9 Å². The number of rotatable bonds is 5. The minimum Gasteiger partial charge on any atom is -0.353 e. The number of para-hydroxylation sites is 1. The monoisotopic (exact) mass is 360 g/mol. The number of aryl methyl sites for hydroxylation is 1. The van der Waals surface area contributed by atoms with Crippen LogP contribution < -0.4 is 15.1 Å². The highest BCUT2D eigenvalue weighted by Crippen LogP contribution is 2.22. The number of hydrogen-bond donors (Lipinski definition) is 1. The lowest BCUT2D eigenvalue weighted by Gasteiger charge is -2.35. The minimum absolute atomic E-state index is 0.773. The first-order chi connectivity index (χ1) is 13.3. The third kappa shape index (κ3) is 4.00. The first-order valence-electron chi connectivity index (χ1n) is 9.42. The largest absolute Gasteiger partial charge is 0.353 e. The Morgan fingerprint density at radius 1 is 0.852 bits per heavy atom. The zero-order valence-electron chi connectivity index (χ0n) is 15.5. The van der Waals surface area contributed by atoms with Crippen molar-refractivity contribution in [3.05, 3.63) is 66.5 Å². The number of pyridine rings is 1. The van der Waals surface area contributed by atoms with Gasteiger partial charge in [-0.2, -0.15) is 4.98 Å². The number of nitrogens with zero attached hydrogens (tertiary/aromatic N) is 5. The van der Waals surface area contributed by atoms with Gasteiger partial charge in [-0.25, -0.2) is 9.97 Å². The quantitative estimate of drug-likeness (QED) is 0.751. The summed E-state index contributed by atoms with van der Waals surface area (Å²) in [5.74, 6) is 2.63. The van der Waals surface area contributed by atoms with E-state index in [1.807, 2.05) is 36.7 Å². The normalized spacial score (nSPS) is 14.3. The maximum absolute atomic E-state index is 4.73. The van der Waals surface area contributed by atoms with Gasteiger partial charge in [-0.1, -0.05) is 31.2 Å². The molecular weight excluding hydrogens is 336 g/mol. The maximum atomic E-state index is 4.73. The van der Waals surface area contributed by atoms with Crippen LogP contribution in [0.4, 0.5) is 23.3 Å². The minimum atomic E-state index is 0.773. The van der Waals surface area contributed by atoms with Crippen molar-refractivity contribution in [1.82, 2.24) is 15.0 Å². The van der Waals surface area contributed by atoms with E-state index in [4.69, 9.17) is 4.98 Å². The number of hydrogen-bond acceptors (Lipinski definition) is 6. The van der Waals surface area contributed by atoms with Crippen LogP contribution in [-0.4, -0.2) is 41.1 Å². The van der Waals surface area contributed by atoms with Crippen LogP contribution >= 0.6 is 0 Å². The Bertz CT molecular complexity index is 875. The Morgan fingerprint density at radius 2 is 1.63 bits per heavy atom. The molecule has 0 bridgehead atoms. The molecule has 0 spiro atoms. The smallest absolute Gasteiger partial charge is 0.227 e. The van der Waals surface area contributed by atoms with Crippen LogP contribution in [0.5, 0.6) is 0 Å². The maximum Gasteiger partial charge on any atom is 0.227 e. The highest BCUT2D eigenvalue weighted by atomic mass is 15.3. The fraction of sp³-hybridized carbons (Fsp3) is 0.286. The van der Waals surface area contributed by atoms with Gasteiger partial charge in [-0.15, -0.1) is 0 Å². The van der Waals surface area contributed by atoms with Crippen molar-refractivity contribution < 1.29 is 0 Å². The van der Waals surface area contributed by atoms with Crippen molar-refractivity contribution in [1.29, 1.82) is 0 Å². The van der Waals surface area contributed by atoms with E-state index in [0.717, 1.165) is 55.9 Å². The van der Waals surface area contributed by atoms with Crippen molar-refractivity contribution in [2.75, 3.05) is 41.3 Å². The van der Waals surface area contributed by atoms with Gasteiger partial charge in [-0.3, -0.25) is 0 Å². The molecular formula is C21H24N6. The van der Waals surface area contributed by atoms with Crippen LogP contribution in [0.1, 0.15) is 12.5 Å². The molecule has 27 heavy (non-hydrogen) atoms. The van der Waals surface area contributed by atoms with Gasteiger partial charge in [0.1, 0.15) is 11.6 Å². The van der Waals surface area contributed by atoms with Gasteiger partial charge < -0.3 is 15.1 Å². The Labute approximate surface area is 159 Å². The Balaban J connectivity index is 1.44. The number of benzene rings is 1. The summed E-state index contributed by atoms with van der Waals surface area (Å²) in [5.41, 5.74) is 2.38. The molecule has 0 radical (unpaired) electrons. The zero-order valence-corrected chi connectivity index (χ0v) is 15.5. The van der Waals surface area contributed by atoms with Gasteiger partial charge in [0.25, 0.3) is 0 Å². The van der Waals surface area contributed by atoms with E-state index in [9.17, 15) is 0 Å². The third-order valence-corrected chi connectivity index (χ3v) is 4.84. The molecule has 4 rings (SSSR count). The van der Waals surface area contributed by atoms with E-state index >= 15 is 0 Å². The highest BCUT2D eigenvalue weighted by Gasteiger charge is 2.20. The zero-order chi connectivity index (χ0) is 18.5. The molecule has 0 amide bonds. The Kier molecular flexibility index (Phi) is 5.14. The molecule has 0 aliphatic carbocycles. The fourth-order valence-electron chi connectivity index (χ4n) is 3.34. The molecule has 1 aliphatic heterocycles. The molecule has 3 aromatic rings. The summed E-state index contributed by atoms with van der Waals surface area (Å²) in [6.07, 6.45) is 4.65. The lowest BCUT2D eigenvalue weighted by Crippen LogP contribution is -2.47. The molecule has 1 aromatic carbocycles. The average Bonchev–Trinajstić information content (AvgIpc) is 2.75. The average molecular weight is 360 g/mol. The number of aromatic nitrogens is 3. The summed E-state index contributed by atoms with van der Waals surface area (Å²) < 4.78 is 0. The molecule has 0 saturated carbocycles. The van der Waals surface area contributed by atoms with Gasteiger partial charge >= 0.3 is 0 Å². The third-order valence-electron chi connectivity index (χ3n) is 4.84. The van der Waals surface area contributed by atoms with E-state index in [-0.39, 0.29) is 0 Å². The van der Waals surface area contributed by atoms with Gasteiger partial charge in [0.15, 0.2) is 0 Å². The molecule has 2 aromatic heterocycles. The molecule has 0 unspecified atom stereocenters. The topological polar surface area (TPSA) is 57.2 Å². The van der Waals surface area contributed by atoms with Crippen LogP contribution in [0.25, 0.3) is 0 Å². The summed E-state index contributed by atoms with van der Waals surface area (Å²) >= 11 is 0. The lowest BCUT2D eigenvalue weighted by atomic mass is 10.1. The summed E-state index contributed by atoms with van der Waals surface area (Å²) in [7, 11) is 0. The number of nitrogens with one attached hydrogen (secondary N) is 1. The molecule has 0 atom stereocenters. The second-order valence-corrected chi connectivity index (χ2v) is 6.54. The van der Waals surface area contributed by atoms with E-state index in [1.165, 1.54) is 5.56 Å². The molecule has 1 N–H and O–H groups in total. The van der Waals surface area contributed by atoms with Gasteiger partial charge in [-0.05, 0) is 36.2 Å². The van der Waals surface area contributed by atoms with E-state index in [2.05, 4.69) is 56.3 Å². The second kappa shape index (κ2) is 8.03. The highest BCUT2D eigenvalue weighted by molar-refractivity contribution is 5.61. The molecule has 3 heterocycles. The van der Waals surface area contributed by atoms with Crippen molar-refractivity contribution in [2.24, 2.45) is 0 Å². The van der Waals surface area contributed by atoms with Crippen molar-refractivity contribution in [3.63, 3.8) is 0 Å². The van der Waals surface area contributed by atoms with Crippen LogP contribution in [0, 0.1) is 0 Å². The van der Waals surface area contributed by atoms with E-state index in [0.29, 0.717) is 0 Å². The molecule has 1 fully saturated rings. The number of anilines is 4. The molecule has 138 valence electrons. The van der Waals surface area contributed by atoms with Gasteiger partial charge in [0.2, 0.25) is 5.95 Å². The van der Waals surface area contributed by atoms with E-state index in [1.54, 1.807) is 0 Å². The lowest BCUT2D eigenvalue weighted by molar-refractivity contribution is 0.635. The summed E-state index contributed by atoms with van der Waals surface area (Å²) in [4.78, 5) is 18.2. The summed E-state index contributed by atoms with van der Waals surface area (Å²) in [6.45, 7) is 5.75. The van der Waals surface area contributed by atoms with Crippen LogP contribution in [-0.2, 0) is 6.42 Å². The van der Waals surface area contributed by atoms with Gasteiger partial charge in [0, 0.05) is 44.3 Å². The second-order valence-electron chi connectivity index (χ2n) is 6.54. The van der Waals surface area contributed by atoms with E-state index < -0.39 is 0 Å². The predicted molar refractivity (Wildman–Crippen MR) is 110 cm³/mol. The Hall–Kier alpha value is -3.15. The molecule has 1 aliphatic rings. The number of piperazine rings is 1. The standard InChI is InChI=1S/C21H24N6/c1-2-17-7-3-4-8-18(17)24-19-10-12-23-21(25-19)27-15-13-26(14-16-27)20-9-5-6-11-22-20/h3-12H,2,13-16H2,1H3,(H,23,24,25). The van der Waals surface area contributed by atoms with Crippen molar-refractivity contribution >= 4 is 23.3 Å². The van der Waals surface area contributed by atoms with Crippen molar-refractivity contribution in [3.8, 4) is 0 Å². The van der Waals surface area contributed by atoms with Crippen LogP contribution in [0.3, 0.4) is 0 Å². The van der Waals surface area contributed by atoms with Gasteiger partial charge in [0.05, 0.1) is 0 Å². The molecule has 1 saturated heterocycles. The Morgan fingerprint density at radius 3 is 2.41 bits per heavy atom. The first-order valence-corrected chi connectivity index (χ1v) is 9.42. The molecule has 6 nitrogen and oxygen atoms in total. The molecule has 6 heteroatoms. The SMILES string of the molecule is CCc1ccccc1Nc1ccnc(N2CCN(c3ccccn3)CC2)n1. The summed E-state index contributed by atoms with van der Waals surface area (Å²) in [5, 5.41) is 3.44. The fourth-order valence-corrected chi connectivity index (χ4v) is 3.34. The van der Waals surface area contributed by atoms with Crippen molar-refractivity contribution in [2.45, 2.75) is 13.3 Å².